The van der Waals surface area contributed by atoms with Gasteiger partial charge in [-0.25, -0.2) is 19.0 Å². The Labute approximate surface area is 109 Å². The van der Waals surface area contributed by atoms with Crippen LogP contribution in [-0.4, -0.2) is 38.4 Å². The van der Waals surface area contributed by atoms with Crippen molar-refractivity contribution in [3.63, 3.8) is 0 Å². The quantitative estimate of drug-likeness (QED) is 0.568. The Bertz CT molecular complexity index is 415. The molecule has 0 bridgehead atoms. The van der Waals surface area contributed by atoms with Gasteiger partial charge in [0.25, 0.3) is 0 Å². The monoisotopic (exact) mass is 273 g/mol. The smallest absolute Gasteiger partial charge is 0.306 e. The van der Waals surface area contributed by atoms with Gasteiger partial charge in [0.05, 0.1) is 15.9 Å². The molecule has 2 rings (SSSR count). The molecule has 0 amide bonds. The lowest BCUT2D eigenvalue weighted by Crippen LogP contribution is -2.50. The molecule has 5 nitrogen and oxygen atoms in total. The fourth-order valence-electron chi connectivity index (χ4n) is 3.02. The topological polar surface area (TPSA) is 63.7 Å². The molecule has 1 saturated carbocycles. The average Bonchev–Trinajstić information content (AvgIpc) is 2.25. The first kappa shape index (κ1) is 13.8. The fraction of sp³-hybridized carbons (Fsp3) is 0.750. The van der Waals surface area contributed by atoms with Crippen LogP contribution in [0.25, 0.3) is 0 Å². The van der Waals surface area contributed by atoms with E-state index in [-0.39, 0.29) is 23.9 Å². The van der Waals surface area contributed by atoms with E-state index in [2.05, 4.69) is 13.2 Å². The highest BCUT2D eigenvalue weighted by Gasteiger charge is 2.49. The van der Waals surface area contributed by atoms with Gasteiger partial charge < -0.3 is 11.7 Å². The molecular formula is C12H19NO4S-2. The number of carbonyl (C=O) groups is 1. The highest BCUT2D eigenvalue weighted by atomic mass is 32.2. The Hall–Kier alpha value is -0.620. The van der Waals surface area contributed by atoms with Gasteiger partial charge >= 0.3 is 5.97 Å². The number of rotatable bonds is 3. The molecule has 2 fully saturated rings. The molecule has 18 heavy (non-hydrogen) atoms. The summed E-state index contributed by atoms with van der Waals surface area (Å²) in [5.41, 5.74) is 0.145. The van der Waals surface area contributed by atoms with Gasteiger partial charge in [0.2, 0.25) is 0 Å². The molecule has 104 valence electrons. The molecule has 1 heterocycles. The maximum absolute atomic E-state index is 11.5. The van der Waals surface area contributed by atoms with Crippen molar-refractivity contribution < 1.29 is 17.9 Å². The predicted octanol–water partition coefficient (Wildman–Crippen LogP) is 0.977. The Kier molecular flexibility index (Phi) is 3.69. The van der Waals surface area contributed by atoms with Crippen molar-refractivity contribution in [2.75, 3.05) is 19.7 Å². The number of esters is 1. The second-order valence-electron chi connectivity index (χ2n) is 5.28. The second-order valence-corrected chi connectivity index (χ2v) is 6.96. The molecule has 0 aromatic carbocycles. The van der Waals surface area contributed by atoms with Gasteiger partial charge in [-0.05, 0) is 37.7 Å². The maximum atomic E-state index is 11.5. The third kappa shape index (κ3) is 2.69. The van der Waals surface area contributed by atoms with E-state index < -0.39 is 10.0 Å². The van der Waals surface area contributed by atoms with Crippen molar-refractivity contribution in [3.8, 4) is 0 Å². The van der Waals surface area contributed by atoms with Crippen LogP contribution in [0, 0.1) is 24.5 Å². The summed E-state index contributed by atoms with van der Waals surface area (Å²) in [5, 5.41) is 0. The third-order valence-electron chi connectivity index (χ3n) is 4.11. The summed E-state index contributed by atoms with van der Waals surface area (Å²) in [6, 6.07) is 0. The van der Waals surface area contributed by atoms with Crippen LogP contribution in [0.5, 0.6) is 0 Å². The minimum absolute atomic E-state index is 0.0188. The van der Waals surface area contributed by atoms with Crippen molar-refractivity contribution in [1.82, 2.24) is 4.31 Å². The standard InChI is InChI=1S/C12H19NO4S/c1-3-17-11(14)10-8-12(9-10)4-6-13(7-5-12)18(2,15)16/h10H,1-9H2/q-2. The number of hydrogen-bond acceptors (Lipinski definition) is 4. The van der Waals surface area contributed by atoms with E-state index in [1.165, 1.54) is 4.31 Å². The number of ether oxygens (including phenoxy) is 1. The molecule has 0 radical (unpaired) electrons. The summed E-state index contributed by atoms with van der Waals surface area (Å²) in [6.45, 7) is 4.69. The van der Waals surface area contributed by atoms with Crippen molar-refractivity contribution in [2.45, 2.75) is 25.7 Å². The second kappa shape index (κ2) is 4.81. The number of carbonyl (C=O) groups excluding carboxylic acids is 1. The summed E-state index contributed by atoms with van der Waals surface area (Å²) >= 11 is 0. The van der Waals surface area contributed by atoms with Gasteiger partial charge in [0, 0.05) is 13.1 Å². The van der Waals surface area contributed by atoms with Crippen LogP contribution in [0.4, 0.5) is 0 Å². The lowest BCUT2D eigenvalue weighted by atomic mass is 9.58. The Balaban J connectivity index is 1.84. The molecule has 1 saturated heterocycles. The molecule has 0 unspecified atom stereocenters. The predicted molar refractivity (Wildman–Crippen MR) is 66.6 cm³/mol. The molecule has 2 aliphatic rings. The normalized spacial score (nSPS) is 24.8. The van der Waals surface area contributed by atoms with Crippen LogP contribution < -0.4 is 0 Å². The van der Waals surface area contributed by atoms with Crippen molar-refractivity contribution >= 4 is 16.0 Å². The first-order valence-electron chi connectivity index (χ1n) is 6.15. The van der Waals surface area contributed by atoms with Crippen molar-refractivity contribution in [2.24, 2.45) is 11.3 Å². The zero-order valence-corrected chi connectivity index (χ0v) is 11.2. The third-order valence-corrected chi connectivity index (χ3v) is 5.26. The minimum atomic E-state index is -3.32. The fourth-order valence-corrected chi connectivity index (χ4v) is 3.76. The number of sulfonamides is 1. The van der Waals surface area contributed by atoms with E-state index in [0.29, 0.717) is 13.1 Å². The maximum Gasteiger partial charge on any atom is 0.306 e. The van der Waals surface area contributed by atoms with Gasteiger partial charge in [-0.2, -0.15) is 0 Å². The van der Waals surface area contributed by atoms with Crippen LogP contribution in [0.15, 0.2) is 0 Å². The Morgan fingerprint density at radius 3 is 2.33 bits per heavy atom. The Morgan fingerprint density at radius 2 is 1.89 bits per heavy atom. The van der Waals surface area contributed by atoms with Gasteiger partial charge in [-0.3, -0.25) is 4.79 Å². The summed E-state index contributed by atoms with van der Waals surface area (Å²) in [7, 11) is -3.32. The van der Waals surface area contributed by atoms with E-state index in [1.807, 2.05) is 0 Å². The molecule has 0 N–H and O–H groups in total. The number of nitrogens with zero attached hydrogens (tertiary/aromatic N) is 1. The summed E-state index contributed by atoms with van der Waals surface area (Å²) in [5.74, 6) is -0.183. The molecule has 6 heteroatoms. The first-order chi connectivity index (χ1) is 8.36. The molecule has 1 aliphatic heterocycles. The highest BCUT2D eigenvalue weighted by Crippen LogP contribution is 2.53. The lowest BCUT2D eigenvalue weighted by Gasteiger charge is -2.51. The van der Waals surface area contributed by atoms with Crippen LogP contribution in [0.1, 0.15) is 25.7 Å². The molecular weight excluding hydrogens is 254 g/mol. The van der Waals surface area contributed by atoms with Crippen LogP contribution in [0.2, 0.25) is 0 Å². The zero-order chi connectivity index (χ0) is 13.4. The summed E-state index contributed by atoms with van der Waals surface area (Å²) in [6.07, 6.45) is 6.43. The number of hydrogen-bond donors (Lipinski definition) is 0. The van der Waals surface area contributed by atoms with Crippen LogP contribution in [0.3, 0.4) is 0 Å². The summed E-state index contributed by atoms with van der Waals surface area (Å²) < 4.78 is 28.9. The summed E-state index contributed by atoms with van der Waals surface area (Å²) in [4.78, 5) is 11.5. The van der Waals surface area contributed by atoms with E-state index in [0.717, 1.165) is 25.7 Å². The van der Waals surface area contributed by atoms with Gasteiger partial charge in [-0.1, -0.05) is 0 Å². The van der Waals surface area contributed by atoms with Crippen molar-refractivity contribution in [3.05, 3.63) is 13.2 Å². The van der Waals surface area contributed by atoms with Crippen LogP contribution in [-0.2, 0) is 19.6 Å². The molecule has 0 aromatic rings. The van der Waals surface area contributed by atoms with Gasteiger partial charge in [-0.15, -0.1) is 0 Å². The first-order valence-corrected chi connectivity index (χ1v) is 7.76. The molecule has 0 aromatic heterocycles. The van der Waals surface area contributed by atoms with E-state index >= 15 is 0 Å². The minimum Gasteiger partial charge on any atom is -0.499 e. The Morgan fingerprint density at radius 1 is 1.33 bits per heavy atom. The van der Waals surface area contributed by atoms with E-state index in [4.69, 9.17) is 4.74 Å². The van der Waals surface area contributed by atoms with E-state index in [1.54, 1.807) is 0 Å². The SMILES string of the molecule is [CH2-]COC(=O)C1CC2(CCN(S([CH2-])(=O)=O)CC2)C1. The van der Waals surface area contributed by atoms with Gasteiger partial charge in [0.1, 0.15) is 0 Å². The average molecular weight is 273 g/mol. The molecule has 1 aliphatic carbocycles. The lowest BCUT2D eigenvalue weighted by molar-refractivity contribution is -0.157. The van der Waals surface area contributed by atoms with E-state index in [9.17, 15) is 13.2 Å². The zero-order valence-electron chi connectivity index (χ0n) is 10.4. The number of piperidine rings is 1. The molecule has 0 atom stereocenters. The molecule has 1 spiro atoms. The highest BCUT2D eigenvalue weighted by molar-refractivity contribution is 7.90. The van der Waals surface area contributed by atoms with Crippen LogP contribution >= 0.6 is 0 Å². The van der Waals surface area contributed by atoms with Gasteiger partial charge in [0.15, 0.2) is 0 Å². The van der Waals surface area contributed by atoms with Crippen molar-refractivity contribution in [1.29, 1.82) is 0 Å². The largest absolute Gasteiger partial charge is 0.499 e.